The summed E-state index contributed by atoms with van der Waals surface area (Å²) >= 11 is 1.51. The summed E-state index contributed by atoms with van der Waals surface area (Å²) in [6.45, 7) is 4.08. The maximum Gasteiger partial charge on any atom is 0.243 e. The van der Waals surface area contributed by atoms with Crippen LogP contribution in [0.25, 0.3) is 0 Å². The fourth-order valence-corrected chi connectivity index (χ4v) is 4.23. The van der Waals surface area contributed by atoms with Gasteiger partial charge in [0.05, 0.1) is 11.3 Å². The third kappa shape index (κ3) is 3.74. The van der Waals surface area contributed by atoms with E-state index in [0.29, 0.717) is 18.3 Å². The number of nitrogens with zero attached hydrogens (tertiary/aromatic N) is 3. The normalized spacial score (nSPS) is 24.4. The number of rotatable bonds is 4. The Morgan fingerprint density at radius 3 is 2.88 bits per heavy atom. The molecule has 1 unspecified atom stereocenters. The van der Waals surface area contributed by atoms with Crippen molar-refractivity contribution in [2.75, 3.05) is 5.75 Å². The first kappa shape index (κ1) is 17.3. The summed E-state index contributed by atoms with van der Waals surface area (Å²) in [4.78, 5) is 24.3. The molecule has 132 valence electrons. The van der Waals surface area contributed by atoms with Crippen molar-refractivity contribution in [3.05, 3.63) is 12.2 Å². The number of hydrogen-bond acceptors (Lipinski definition) is 5. The molecule has 1 aliphatic carbocycles. The Bertz CT molecular complexity index is 609. The van der Waals surface area contributed by atoms with Gasteiger partial charge in [0.25, 0.3) is 0 Å². The summed E-state index contributed by atoms with van der Waals surface area (Å²) in [5.74, 6) is 1.11. The zero-order valence-electron chi connectivity index (χ0n) is 14.2. The van der Waals surface area contributed by atoms with Crippen LogP contribution in [-0.4, -0.2) is 43.1 Å². The van der Waals surface area contributed by atoms with E-state index in [-0.39, 0.29) is 11.8 Å². The molecule has 7 nitrogen and oxygen atoms in total. The predicted octanol–water partition coefficient (Wildman–Crippen LogP) is 1.41. The lowest BCUT2D eigenvalue weighted by molar-refractivity contribution is -0.129. The monoisotopic (exact) mass is 351 g/mol. The van der Waals surface area contributed by atoms with E-state index in [4.69, 9.17) is 0 Å². The van der Waals surface area contributed by atoms with Gasteiger partial charge in [-0.15, -0.1) is 22.0 Å². The molecule has 1 saturated carbocycles. The maximum absolute atomic E-state index is 12.3. The van der Waals surface area contributed by atoms with Gasteiger partial charge in [-0.1, -0.05) is 19.3 Å². The zero-order valence-corrected chi connectivity index (χ0v) is 15.1. The number of thioether (sulfide) groups is 1. The highest BCUT2D eigenvalue weighted by atomic mass is 32.2. The second kappa shape index (κ2) is 7.13. The molecule has 8 heteroatoms. The van der Waals surface area contributed by atoms with Crippen molar-refractivity contribution in [2.24, 2.45) is 0 Å². The highest BCUT2D eigenvalue weighted by molar-refractivity contribution is 8.01. The van der Waals surface area contributed by atoms with E-state index in [1.165, 1.54) is 31.0 Å². The van der Waals surface area contributed by atoms with Crippen molar-refractivity contribution in [3.8, 4) is 0 Å². The molecule has 2 amide bonds. The molecular weight excluding hydrogens is 326 g/mol. The van der Waals surface area contributed by atoms with E-state index in [2.05, 4.69) is 25.4 Å². The molecule has 1 atom stereocenters. The van der Waals surface area contributed by atoms with Crippen LogP contribution < -0.4 is 10.6 Å². The minimum Gasteiger partial charge on any atom is -0.347 e. The van der Waals surface area contributed by atoms with Crippen LogP contribution in [0.5, 0.6) is 0 Å². The van der Waals surface area contributed by atoms with Gasteiger partial charge in [0.1, 0.15) is 12.4 Å². The van der Waals surface area contributed by atoms with Crippen molar-refractivity contribution in [3.63, 3.8) is 0 Å². The molecule has 0 radical (unpaired) electrons. The molecule has 1 aliphatic heterocycles. The summed E-state index contributed by atoms with van der Waals surface area (Å²) < 4.78 is 1.62. The topological polar surface area (TPSA) is 88.9 Å². The number of aromatic nitrogens is 3. The zero-order chi connectivity index (χ0) is 17.2. The first-order valence-corrected chi connectivity index (χ1v) is 9.57. The lowest BCUT2D eigenvalue weighted by atomic mass is 9.95. The summed E-state index contributed by atoms with van der Waals surface area (Å²) in [5, 5.41) is 13.9. The molecule has 1 saturated heterocycles. The molecular formula is C16H25N5O2S. The Morgan fingerprint density at radius 2 is 2.17 bits per heavy atom. The highest BCUT2D eigenvalue weighted by Gasteiger charge is 2.37. The fraction of sp³-hybridized carbons (Fsp3) is 0.750. The molecule has 0 aromatic carbocycles. The largest absolute Gasteiger partial charge is 0.347 e. The van der Waals surface area contributed by atoms with Gasteiger partial charge in [-0.3, -0.25) is 9.59 Å². The van der Waals surface area contributed by atoms with E-state index in [0.717, 1.165) is 18.7 Å². The fourth-order valence-electron chi connectivity index (χ4n) is 3.22. The molecule has 2 fully saturated rings. The Hall–Kier alpha value is -1.57. The van der Waals surface area contributed by atoms with Crippen LogP contribution in [-0.2, 0) is 16.1 Å². The van der Waals surface area contributed by atoms with Gasteiger partial charge < -0.3 is 15.2 Å². The third-order valence-corrected chi connectivity index (χ3v) is 6.22. The predicted molar refractivity (Wildman–Crippen MR) is 92.5 cm³/mol. The van der Waals surface area contributed by atoms with Crippen molar-refractivity contribution < 1.29 is 9.59 Å². The SMILES string of the molecule is CC1(C)SCC(C(=O)NCc2nncn2C2CCCCC2)NC1=O. The number of carbonyl (C=O) groups excluding carboxylic acids is 2. The van der Waals surface area contributed by atoms with E-state index in [1.54, 1.807) is 6.33 Å². The van der Waals surface area contributed by atoms with Crippen molar-refractivity contribution in [1.29, 1.82) is 0 Å². The lowest BCUT2D eigenvalue weighted by Gasteiger charge is -2.32. The Balaban J connectivity index is 1.55. The van der Waals surface area contributed by atoms with E-state index >= 15 is 0 Å². The van der Waals surface area contributed by atoms with Crippen LogP contribution in [0, 0.1) is 0 Å². The molecule has 2 heterocycles. The van der Waals surface area contributed by atoms with Gasteiger partial charge >= 0.3 is 0 Å². The highest BCUT2D eigenvalue weighted by Crippen LogP contribution is 2.29. The molecule has 2 aliphatic rings. The lowest BCUT2D eigenvalue weighted by Crippen LogP contribution is -2.57. The van der Waals surface area contributed by atoms with Gasteiger partial charge in [-0.25, -0.2) is 0 Å². The van der Waals surface area contributed by atoms with Crippen LogP contribution in [0.3, 0.4) is 0 Å². The van der Waals surface area contributed by atoms with Gasteiger partial charge in [-0.2, -0.15) is 0 Å². The van der Waals surface area contributed by atoms with Crippen molar-refractivity contribution in [2.45, 2.75) is 69.3 Å². The van der Waals surface area contributed by atoms with E-state index in [1.807, 2.05) is 13.8 Å². The van der Waals surface area contributed by atoms with Crippen LogP contribution in [0.15, 0.2) is 6.33 Å². The van der Waals surface area contributed by atoms with Crippen LogP contribution >= 0.6 is 11.8 Å². The second-order valence-electron chi connectivity index (χ2n) is 7.01. The summed E-state index contributed by atoms with van der Waals surface area (Å²) in [7, 11) is 0. The molecule has 1 aromatic heterocycles. The first-order chi connectivity index (χ1) is 11.5. The van der Waals surface area contributed by atoms with Gasteiger partial charge in [0.2, 0.25) is 11.8 Å². The number of hydrogen-bond donors (Lipinski definition) is 2. The standard InChI is InChI=1S/C16H25N5O2S/c1-16(2)15(23)19-12(9-24-16)14(22)17-8-13-20-18-10-21(13)11-6-4-3-5-7-11/h10-12H,3-9H2,1-2H3,(H,17,22)(H,19,23). The number of amides is 2. The van der Waals surface area contributed by atoms with E-state index < -0.39 is 10.8 Å². The minimum atomic E-state index is -0.485. The summed E-state index contributed by atoms with van der Waals surface area (Å²) in [6.07, 6.45) is 7.80. The quantitative estimate of drug-likeness (QED) is 0.856. The molecule has 1 aromatic rings. The van der Waals surface area contributed by atoms with E-state index in [9.17, 15) is 9.59 Å². The van der Waals surface area contributed by atoms with Crippen LogP contribution in [0.4, 0.5) is 0 Å². The Kier molecular flexibility index (Phi) is 5.12. The summed E-state index contributed by atoms with van der Waals surface area (Å²) in [5.41, 5.74) is 0. The maximum atomic E-state index is 12.3. The van der Waals surface area contributed by atoms with Gasteiger partial charge in [-0.05, 0) is 26.7 Å². The average molecular weight is 351 g/mol. The Morgan fingerprint density at radius 1 is 1.42 bits per heavy atom. The molecule has 0 bridgehead atoms. The third-order valence-electron chi connectivity index (χ3n) is 4.82. The van der Waals surface area contributed by atoms with Crippen molar-refractivity contribution >= 4 is 23.6 Å². The van der Waals surface area contributed by atoms with Crippen LogP contribution in [0.1, 0.15) is 57.8 Å². The number of nitrogens with one attached hydrogen (secondary N) is 2. The minimum absolute atomic E-state index is 0.0933. The summed E-state index contributed by atoms with van der Waals surface area (Å²) in [6, 6.07) is -0.0482. The van der Waals surface area contributed by atoms with Crippen LogP contribution in [0.2, 0.25) is 0 Å². The Labute approximate surface area is 146 Å². The first-order valence-electron chi connectivity index (χ1n) is 8.58. The average Bonchev–Trinajstić information content (AvgIpc) is 3.04. The van der Waals surface area contributed by atoms with Gasteiger partial charge in [0.15, 0.2) is 5.82 Å². The molecule has 24 heavy (non-hydrogen) atoms. The molecule has 3 rings (SSSR count). The van der Waals surface area contributed by atoms with Crippen molar-refractivity contribution in [1.82, 2.24) is 25.4 Å². The molecule has 2 N–H and O–H groups in total. The smallest absolute Gasteiger partial charge is 0.243 e. The number of carbonyl (C=O) groups is 2. The second-order valence-corrected chi connectivity index (χ2v) is 8.65. The van der Waals surface area contributed by atoms with Gasteiger partial charge in [0, 0.05) is 11.8 Å². The molecule has 0 spiro atoms.